The molecule has 1 atom stereocenters. The lowest BCUT2D eigenvalue weighted by molar-refractivity contribution is -0.384. The van der Waals surface area contributed by atoms with Crippen LogP contribution in [-0.2, 0) is 4.79 Å². The van der Waals surface area contributed by atoms with E-state index in [-0.39, 0.29) is 17.0 Å². The third-order valence-electron chi connectivity index (χ3n) is 4.73. The molecular formula is C20H20N4O7. The summed E-state index contributed by atoms with van der Waals surface area (Å²) in [6, 6.07) is 7.07. The number of urea groups is 1. The molecule has 0 aromatic heterocycles. The lowest BCUT2D eigenvalue weighted by Gasteiger charge is -2.29. The Labute approximate surface area is 176 Å². The van der Waals surface area contributed by atoms with Gasteiger partial charge in [0.25, 0.3) is 5.69 Å². The summed E-state index contributed by atoms with van der Waals surface area (Å²) in [5.41, 5.74) is 6.58. The number of benzene rings is 2. The van der Waals surface area contributed by atoms with E-state index in [1.807, 2.05) is 0 Å². The van der Waals surface area contributed by atoms with Crippen LogP contribution in [0.25, 0.3) is 5.70 Å². The number of amides is 3. The fourth-order valence-electron chi connectivity index (χ4n) is 3.32. The van der Waals surface area contributed by atoms with Gasteiger partial charge in [-0.25, -0.2) is 4.79 Å². The molecule has 11 heteroatoms. The highest BCUT2D eigenvalue weighted by molar-refractivity contribution is 6.06. The Hall–Kier alpha value is -4.28. The van der Waals surface area contributed by atoms with Gasteiger partial charge in [0.1, 0.15) is 0 Å². The normalized spacial score (nSPS) is 15.6. The third kappa shape index (κ3) is 4.06. The molecule has 0 saturated carbocycles. The molecule has 3 amide bonds. The van der Waals surface area contributed by atoms with Crippen LogP contribution in [-0.4, -0.2) is 38.2 Å². The summed E-state index contributed by atoms with van der Waals surface area (Å²) >= 11 is 0. The summed E-state index contributed by atoms with van der Waals surface area (Å²) in [7, 11) is 4.32. The summed E-state index contributed by atoms with van der Waals surface area (Å²) in [6.45, 7) is 0. The van der Waals surface area contributed by atoms with Crippen molar-refractivity contribution in [2.75, 3.05) is 21.3 Å². The van der Waals surface area contributed by atoms with Gasteiger partial charge in [0.15, 0.2) is 11.5 Å². The molecule has 0 saturated heterocycles. The van der Waals surface area contributed by atoms with Crippen molar-refractivity contribution >= 4 is 23.3 Å². The van der Waals surface area contributed by atoms with Gasteiger partial charge in [0, 0.05) is 17.7 Å². The number of nitrogens with two attached hydrogens (primary N) is 1. The van der Waals surface area contributed by atoms with E-state index in [1.165, 1.54) is 45.6 Å². The van der Waals surface area contributed by atoms with Crippen LogP contribution in [0.4, 0.5) is 10.5 Å². The summed E-state index contributed by atoms with van der Waals surface area (Å²) < 4.78 is 16.0. The topological polar surface area (TPSA) is 155 Å². The van der Waals surface area contributed by atoms with E-state index < -0.39 is 22.9 Å². The van der Waals surface area contributed by atoms with Gasteiger partial charge in [-0.15, -0.1) is 0 Å². The maximum atomic E-state index is 12.4. The van der Waals surface area contributed by atoms with Crippen molar-refractivity contribution in [1.29, 1.82) is 0 Å². The van der Waals surface area contributed by atoms with Crippen LogP contribution in [0.1, 0.15) is 17.2 Å². The molecule has 3 rings (SSSR count). The van der Waals surface area contributed by atoms with Crippen LogP contribution in [0.5, 0.6) is 17.2 Å². The first kappa shape index (κ1) is 21.4. The zero-order valence-corrected chi connectivity index (χ0v) is 16.9. The largest absolute Gasteiger partial charge is 0.493 e. The van der Waals surface area contributed by atoms with Crippen LogP contribution < -0.4 is 30.6 Å². The number of nitrogens with one attached hydrogen (secondary N) is 2. The fourth-order valence-corrected chi connectivity index (χ4v) is 3.32. The number of hydrogen-bond donors (Lipinski definition) is 3. The van der Waals surface area contributed by atoms with Crippen molar-refractivity contribution in [2.45, 2.75) is 6.04 Å². The van der Waals surface area contributed by atoms with E-state index >= 15 is 0 Å². The van der Waals surface area contributed by atoms with E-state index in [9.17, 15) is 19.7 Å². The number of primary amides is 1. The molecule has 0 fully saturated rings. The average molecular weight is 428 g/mol. The van der Waals surface area contributed by atoms with Crippen molar-refractivity contribution < 1.29 is 28.7 Å². The predicted molar refractivity (Wildman–Crippen MR) is 110 cm³/mol. The highest BCUT2D eigenvalue weighted by Crippen LogP contribution is 2.41. The van der Waals surface area contributed by atoms with E-state index in [2.05, 4.69) is 10.6 Å². The molecule has 4 N–H and O–H groups in total. The molecule has 31 heavy (non-hydrogen) atoms. The third-order valence-corrected chi connectivity index (χ3v) is 4.73. The van der Waals surface area contributed by atoms with Gasteiger partial charge >= 0.3 is 6.03 Å². The highest BCUT2D eigenvalue weighted by atomic mass is 16.6. The first-order valence-corrected chi connectivity index (χ1v) is 8.96. The number of nitro groups is 1. The lowest BCUT2D eigenvalue weighted by Crippen LogP contribution is -2.46. The van der Waals surface area contributed by atoms with E-state index in [0.717, 1.165) is 0 Å². The first-order valence-electron chi connectivity index (χ1n) is 8.96. The van der Waals surface area contributed by atoms with Gasteiger partial charge in [-0.05, 0) is 29.8 Å². The summed E-state index contributed by atoms with van der Waals surface area (Å²) in [5, 5.41) is 16.2. The molecule has 1 heterocycles. The van der Waals surface area contributed by atoms with Crippen molar-refractivity contribution in [3.05, 3.63) is 63.2 Å². The molecule has 2 aromatic carbocycles. The van der Waals surface area contributed by atoms with Crippen LogP contribution in [0, 0.1) is 10.1 Å². The molecule has 1 unspecified atom stereocenters. The maximum absolute atomic E-state index is 12.4. The van der Waals surface area contributed by atoms with Gasteiger partial charge in [-0.2, -0.15) is 0 Å². The molecule has 1 aliphatic rings. The molecule has 2 aromatic rings. The van der Waals surface area contributed by atoms with Gasteiger partial charge in [0.2, 0.25) is 11.7 Å². The Balaban J connectivity index is 2.21. The molecule has 0 radical (unpaired) electrons. The summed E-state index contributed by atoms with van der Waals surface area (Å²) in [6.07, 6.45) is 0. The lowest BCUT2D eigenvalue weighted by atomic mass is 9.92. The number of carbonyl (C=O) groups excluding carboxylic acids is 2. The first-order chi connectivity index (χ1) is 14.8. The van der Waals surface area contributed by atoms with E-state index in [0.29, 0.717) is 28.4 Å². The number of nitro benzene ring substituents is 1. The van der Waals surface area contributed by atoms with E-state index in [4.69, 9.17) is 19.9 Å². The second kappa shape index (κ2) is 8.61. The molecule has 162 valence electrons. The smallest absolute Gasteiger partial charge is 0.320 e. The number of non-ortho nitro benzene ring substituents is 1. The van der Waals surface area contributed by atoms with E-state index in [1.54, 1.807) is 12.1 Å². The number of nitrogens with zero attached hydrogens (tertiary/aromatic N) is 1. The standard InChI is InChI=1S/C20H20N4O7/c1-29-13-8-11(9-14(30-2)18(13)31-3)17-15(19(21)25)16(22-20(26)23-17)10-4-6-12(7-5-10)24(27)28/h4-9,16H,1-3H3,(H2,21,25)(H2,22,23,26). The zero-order valence-electron chi connectivity index (χ0n) is 16.9. The second-order valence-corrected chi connectivity index (χ2v) is 6.45. The molecule has 0 bridgehead atoms. The minimum atomic E-state index is -0.929. The predicted octanol–water partition coefficient (Wildman–Crippen LogP) is 1.87. The monoisotopic (exact) mass is 428 g/mol. The maximum Gasteiger partial charge on any atom is 0.320 e. The minimum Gasteiger partial charge on any atom is -0.493 e. The fraction of sp³-hybridized carbons (Fsp3) is 0.200. The summed E-state index contributed by atoms with van der Waals surface area (Å²) in [4.78, 5) is 35.2. The van der Waals surface area contributed by atoms with Gasteiger partial charge in [0.05, 0.1) is 43.6 Å². The highest BCUT2D eigenvalue weighted by Gasteiger charge is 2.33. The SMILES string of the molecule is COc1cc(C2=C(C(N)=O)C(c3ccc([N+](=O)[O-])cc3)NC(=O)N2)cc(OC)c1OC. The molecular weight excluding hydrogens is 408 g/mol. The Morgan fingerprint density at radius 3 is 2.10 bits per heavy atom. The van der Waals surface area contributed by atoms with Gasteiger partial charge < -0.3 is 30.6 Å². The van der Waals surface area contributed by atoms with Crippen LogP contribution in [0.2, 0.25) is 0 Å². The van der Waals surface area contributed by atoms with Crippen LogP contribution in [0.3, 0.4) is 0 Å². The molecule has 11 nitrogen and oxygen atoms in total. The zero-order chi connectivity index (χ0) is 22.7. The molecule has 1 aliphatic heterocycles. The number of carbonyl (C=O) groups is 2. The molecule has 0 spiro atoms. The van der Waals surface area contributed by atoms with Gasteiger partial charge in [-0.3, -0.25) is 14.9 Å². The quantitative estimate of drug-likeness (QED) is 0.449. The van der Waals surface area contributed by atoms with Crippen molar-refractivity contribution in [2.24, 2.45) is 5.73 Å². The van der Waals surface area contributed by atoms with Crippen molar-refractivity contribution in [3.63, 3.8) is 0 Å². The van der Waals surface area contributed by atoms with Crippen molar-refractivity contribution in [1.82, 2.24) is 10.6 Å². The number of methoxy groups -OCH3 is 3. The number of hydrogen-bond acceptors (Lipinski definition) is 7. The number of rotatable bonds is 7. The Morgan fingerprint density at radius 1 is 1.06 bits per heavy atom. The minimum absolute atomic E-state index is 0.0581. The second-order valence-electron chi connectivity index (χ2n) is 6.45. The average Bonchev–Trinajstić information content (AvgIpc) is 2.77. The summed E-state index contributed by atoms with van der Waals surface area (Å²) in [5.74, 6) is 0.169. The van der Waals surface area contributed by atoms with Crippen LogP contribution in [0.15, 0.2) is 42.0 Å². The Morgan fingerprint density at radius 2 is 1.65 bits per heavy atom. The Bertz CT molecular complexity index is 1050. The Kier molecular flexibility index (Phi) is 5.95. The van der Waals surface area contributed by atoms with Gasteiger partial charge in [-0.1, -0.05) is 0 Å². The molecule has 0 aliphatic carbocycles. The van der Waals surface area contributed by atoms with Crippen LogP contribution >= 0.6 is 0 Å². The number of ether oxygens (including phenoxy) is 3. The van der Waals surface area contributed by atoms with Crippen molar-refractivity contribution in [3.8, 4) is 17.2 Å².